The van der Waals surface area contributed by atoms with Gasteiger partial charge in [0, 0.05) is 19.7 Å². The minimum atomic E-state index is 0.0340. The number of carbonyl (C=O) groups is 1. The van der Waals surface area contributed by atoms with E-state index < -0.39 is 0 Å². The third-order valence-electron chi connectivity index (χ3n) is 4.31. The summed E-state index contributed by atoms with van der Waals surface area (Å²) in [4.78, 5) is 14.4. The van der Waals surface area contributed by atoms with Gasteiger partial charge in [0.15, 0.2) is 11.5 Å². The number of ether oxygens (including phenoxy) is 3. The molecule has 2 heterocycles. The number of nitrogens with zero attached hydrogens (tertiary/aromatic N) is 1. The van der Waals surface area contributed by atoms with Crippen molar-refractivity contribution in [3.8, 4) is 11.5 Å². The van der Waals surface area contributed by atoms with Gasteiger partial charge in [0.05, 0.1) is 26.7 Å². The van der Waals surface area contributed by atoms with E-state index >= 15 is 0 Å². The molecule has 0 saturated carbocycles. The molecule has 114 valence electrons. The van der Waals surface area contributed by atoms with Crippen LogP contribution in [0.5, 0.6) is 11.5 Å². The van der Waals surface area contributed by atoms with Crippen LogP contribution in [0.2, 0.25) is 0 Å². The van der Waals surface area contributed by atoms with E-state index in [4.69, 9.17) is 14.2 Å². The van der Waals surface area contributed by atoms with Crippen molar-refractivity contribution in [1.82, 2.24) is 4.90 Å². The molecule has 0 N–H and O–H groups in total. The van der Waals surface area contributed by atoms with E-state index in [9.17, 15) is 4.79 Å². The van der Waals surface area contributed by atoms with Crippen molar-refractivity contribution in [3.05, 3.63) is 23.3 Å². The first-order valence-electron chi connectivity index (χ1n) is 7.33. The number of hydrogen-bond acceptors (Lipinski definition) is 4. The average molecular weight is 291 g/mol. The Bertz CT molecular complexity index is 537. The molecule has 0 spiro atoms. The van der Waals surface area contributed by atoms with Crippen molar-refractivity contribution in [3.63, 3.8) is 0 Å². The highest BCUT2D eigenvalue weighted by Crippen LogP contribution is 2.33. The van der Waals surface area contributed by atoms with Gasteiger partial charge in [-0.1, -0.05) is 0 Å². The zero-order valence-corrected chi connectivity index (χ0v) is 12.6. The van der Waals surface area contributed by atoms with E-state index in [-0.39, 0.29) is 11.8 Å². The van der Waals surface area contributed by atoms with Gasteiger partial charge in [-0.15, -0.1) is 0 Å². The lowest BCUT2D eigenvalue weighted by molar-refractivity contribution is -0.136. The third kappa shape index (κ3) is 2.70. The smallest absolute Gasteiger partial charge is 0.228 e. The average Bonchev–Trinajstić information content (AvgIpc) is 3.06. The predicted octanol–water partition coefficient (Wildman–Crippen LogP) is 1.62. The number of hydrogen-bond donors (Lipinski definition) is 0. The van der Waals surface area contributed by atoms with Crippen LogP contribution in [-0.4, -0.2) is 44.8 Å². The molecule has 1 aromatic carbocycles. The quantitative estimate of drug-likeness (QED) is 0.849. The summed E-state index contributed by atoms with van der Waals surface area (Å²) in [7, 11) is 3.27. The largest absolute Gasteiger partial charge is 0.493 e. The molecule has 1 atom stereocenters. The fourth-order valence-corrected chi connectivity index (χ4v) is 3.06. The summed E-state index contributed by atoms with van der Waals surface area (Å²) in [5.41, 5.74) is 2.38. The van der Waals surface area contributed by atoms with Crippen molar-refractivity contribution >= 4 is 5.91 Å². The van der Waals surface area contributed by atoms with Crippen LogP contribution in [0.1, 0.15) is 17.5 Å². The maximum Gasteiger partial charge on any atom is 0.228 e. The molecule has 3 rings (SSSR count). The zero-order chi connectivity index (χ0) is 14.8. The van der Waals surface area contributed by atoms with Crippen molar-refractivity contribution in [2.24, 2.45) is 5.92 Å². The summed E-state index contributed by atoms with van der Waals surface area (Å²) in [6, 6.07) is 4.01. The maximum absolute atomic E-state index is 12.5. The van der Waals surface area contributed by atoms with Gasteiger partial charge in [-0.2, -0.15) is 0 Å². The lowest BCUT2D eigenvalue weighted by atomic mass is 9.97. The third-order valence-corrected chi connectivity index (χ3v) is 4.31. The Balaban J connectivity index is 1.79. The number of rotatable bonds is 3. The molecule has 0 radical (unpaired) electrons. The highest BCUT2D eigenvalue weighted by molar-refractivity contribution is 5.79. The number of fused-ring (bicyclic) bond motifs is 1. The van der Waals surface area contributed by atoms with Crippen LogP contribution < -0.4 is 9.47 Å². The van der Waals surface area contributed by atoms with E-state index in [1.807, 2.05) is 17.0 Å². The summed E-state index contributed by atoms with van der Waals surface area (Å²) in [6.45, 7) is 2.67. The predicted molar refractivity (Wildman–Crippen MR) is 77.6 cm³/mol. The van der Waals surface area contributed by atoms with Crippen molar-refractivity contribution in [2.75, 3.05) is 34.0 Å². The van der Waals surface area contributed by atoms with Gasteiger partial charge in [-0.05, 0) is 36.1 Å². The van der Waals surface area contributed by atoms with Gasteiger partial charge < -0.3 is 19.1 Å². The topological polar surface area (TPSA) is 48.0 Å². The zero-order valence-electron chi connectivity index (χ0n) is 12.6. The minimum absolute atomic E-state index is 0.0340. The first-order chi connectivity index (χ1) is 10.2. The van der Waals surface area contributed by atoms with Gasteiger partial charge in [0.2, 0.25) is 5.91 Å². The molecule has 1 fully saturated rings. The van der Waals surface area contributed by atoms with E-state index in [0.717, 1.165) is 36.4 Å². The van der Waals surface area contributed by atoms with Crippen LogP contribution in [0, 0.1) is 5.92 Å². The van der Waals surface area contributed by atoms with Crippen molar-refractivity contribution < 1.29 is 19.0 Å². The molecule has 2 aliphatic rings. The molecular weight excluding hydrogens is 270 g/mol. The van der Waals surface area contributed by atoms with E-state index in [0.29, 0.717) is 19.8 Å². The number of amides is 1. The van der Waals surface area contributed by atoms with Crippen LogP contribution in [0.25, 0.3) is 0 Å². The van der Waals surface area contributed by atoms with Gasteiger partial charge in [-0.3, -0.25) is 4.79 Å². The first-order valence-corrected chi connectivity index (χ1v) is 7.33. The Morgan fingerprint density at radius 1 is 1.24 bits per heavy atom. The van der Waals surface area contributed by atoms with E-state index in [1.165, 1.54) is 5.56 Å². The number of benzene rings is 1. The first kappa shape index (κ1) is 14.2. The molecule has 0 bridgehead atoms. The molecule has 1 amide bonds. The van der Waals surface area contributed by atoms with Crippen LogP contribution in [0.4, 0.5) is 0 Å². The van der Waals surface area contributed by atoms with Crippen LogP contribution in [0.3, 0.4) is 0 Å². The van der Waals surface area contributed by atoms with Gasteiger partial charge in [0.25, 0.3) is 0 Å². The lowest BCUT2D eigenvalue weighted by Gasteiger charge is -2.31. The molecule has 5 nitrogen and oxygen atoms in total. The second kappa shape index (κ2) is 5.93. The maximum atomic E-state index is 12.5. The molecule has 0 aliphatic carbocycles. The highest BCUT2D eigenvalue weighted by atomic mass is 16.5. The van der Waals surface area contributed by atoms with Gasteiger partial charge in [0.1, 0.15) is 0 Å². The highest BCUT2D eigenvalue weighted by Gasteiger charge is 2.30. The van der Waals surface area contributed by atoms with Crippen LogP contribution >= 0.6 is 0 Å². The Hall–Kier alpha value is -1.75. The summed E-state index contributed by atoms with van der Waals surface area (Å²) in [5.74, 6) is 1.72. The SMILES string of the molecule is COc1cc2c(cc1OC)CN(C(=O)C1CCOC1)CC2. The Morgan fingerprint density at radius 2 is 1.95 bits per heavy atom. The van der Waals surface area contributed by atoms with Crippen LogP contribution in [-0.2, 0) is 22.5 Å². The van der Waals surface area contributed by atoms with Gasteiger partial charge >= 0.3 is 0 Å². The summed E-state index contributed by atoms with van der Waals surface area (Å²) in [6.07, 6.45) is 1.70. The molecule has 5 heteroatoms. The lowest BCUT2D eigenvalue weighted by Crippen LogP contribution is -2.40. The van der Waals surface area contributed by atoms with E-state index in [1.54, 1.807) is 14.2 Å². The Morgan fingerprint density at radius 3 is 2.57 bits per heavy atom. The monoisotopic (exact) mass is 291 g/mol. The Kier molecular flexibility index (Phi) is 4.01. The van der Waals surface area contributed by atoms with Crippen molar-refractivity contribution in [1.29, 1.82) is 0 Å². The second-order valence-corrected chi connectivity index (χ2v) is 5.55. The number of carbonyl (C=O) groups excluding carboxylic acids is 1. The summed E-state index contributed by atoms with van der Waals surface area (Å²) >= 11 is 0. The molecule has 1 unspecified atom stereocenters. The Labute approximate surface area is 124 Å². The standard InChI is InChI=1S/C16H21NO4/c1-19-14-7-11-3-5-17(9-13(11)8-15(14)20-2)16(18)12-4-6-21-10-12/h7-8,12H,3-6,9-10H2,1-2H3. The van der Waals surface area contributed by atoms with Crippen LogP contribution in [0.15, 0.2) is 12.1 Å². The van der Waals surface area contributed by atoms with Gasteiger partial charge in [-0.25, -0.2) is 0 Å². The summed E-state index contributed by atoms with van der Waals surface area (Å²) in [5, 5.41) is 0. The molecule has 1 saturated heterocycles. The molecule has 0 aromatic heterocycles. The molecule has 2 aliphatic heterocycles. The van der Waals surface area contributed by atoms with E-state index in [2.05, 4.69) is 0 Å². The minimum Gasteiger partial charge on any atom is -0.493 e. The number of methoxy groups -OCH3 is 2. The fourth-order valence-electron chi connectivity index (χ4n) is 3.06. The normalized spacial score (nSPS) is 21.0. The fraction of sp³-hybridized carbons (Fsp3) is 0.562. The molecule has 21 heavy (non-hydrogen) atoms. The second-order valence-electron chi connectivity index (χ2n) is 5.55. The molecular formula is C16H21NO4. The molecule has 1 aromatic rings. The van der Waals surface area contributed by atoms with Crippen molar-refractivity contribution in [2.45, 2.75) is 19.4 Å². The summed E-state index contributed by atoms with van der Waals surface area (Å²) < 4.78 is 16.0.